The van der Waals surface area contributed by atoms with E-state index in [1.54, 1.807) is 0 Å². The van der Waals surface area contributed by atoms with Crippen molar-refractivity contribution >= 4 is 34.2 Å². The Labute approximate surface area is 85.1 Å². The van der Waals surface area contributed by atoms with Crippen LogP contribution >= 0.6 is 34.2 Å². The van der Waals surface area contributed by atoms with E-state index in [1.165, 1.54) is 0 Å². The van der Waals surface area contributed by atoms with Crippen molar-refractivity contribution in [1.82, 2.24) is 0 Å². The third kappa shape index (κ3) is 2.39. The van der Waals surface area contributed by atoms with Gasteiger partial charge < -0.3 is 0 Å². The van der Waals surface area contributed by atoms with Gasteiger partial charge in [-0.1, -0.05) is 52.2 Å². The van der Waals surface area contributed by atoms with Crippen molar-refractivity contribution in [3.8, 4) is 12.3 Å². The molecular formula is C9H6ClI. The fourth-order valence-corrected chi connectivity index (χ4v) is 1.35. The zero-order valence-electron chi connectivity index (χ0n) is 5.72. The summed E-state index contributed by atoms with van der Waals surface area (Å²) in [6.07, 6.45) is 5.25. The van der Waals surface area contributed by atoms with Crippen LogP contribution in [0.4, 0.5) is 0 Å². The molecule has 11 heavy (non-hydrogen) atoms. The maximum absolute atomic E-state index is 5.77. The third-order valence-corrected chi connectivity index (χ3v) is 2.60. The summed E-state index contributed by atoms with van der Waals surface area (Å²) in [6.45, 7) is 0. The van der Waals surface area contributed by atoms with Crippen LogP contribution in [0, 0.1) is 12.3 Å². The van der Waals surface area contributed by atoms with Crippen LogP contribution in [0.25, 0.3) is 0 Å². The Morgan fingerprint density at radius 3 is 2.82 bits per heavy atom. The summed E-state index contributed by atoms with van der Waals surface area (Å²) in [5.74, 6) is 2.64. The standard InChI is InChI=1S/C9H6ClI/c1-2-9(11)7-4-3-5-8(10)6-7/h1,3-6,9H. The number of terminal acetylenes is 1. The van der Waals surface area contributed by atoms with Gasteiger partial charge in [0.2, 0.25) is 0 Å². The molecule has 0 heterocycles. The molecule has 0 radical (unpaired) electrons. The molecule has 1 atom stereocenters. The summed E-state index contributed by atoms with van der Waals surface area (Å²) in [6, 6.07) is 7.60. The van der Waals surface area contributed by atoms with E-state index in [-0.39, 0.29) is 3.92 Å². The molecule has 0 nitrogen and oxygen atoms in total. The van der Waals surface area contributed by atoms with Gasteiger partial charge in [0.05, 0.1) is 3.92 Å². The number of benzene rings is 1. The highest BCUT2D eigenvalue weighted by atomic mass is 127. The molecule has 0 saturated carbocycles. The minimum Gasteiger partial charge on any atom is -0.119 e. The normalized spacial score (nSPS) is 12.1. The van der Waals surface area contributed by atoms with Gasteiger partial charge in [0, 0.05) is 5.02 Å². The van der Waals surface area contributed by atoms with Crippen molar-refractivity contribution in [2.75, 3.05) is 0 Å². The first kappa shape index (κ1) is 8.89. The molecule has 2 heteroatoms. The minimum absolute atomic E-state index is 0.117. The molecule has 0 aliphatic rings. The molecule has 0 aliphatic carbocycles. The van der Waals surface area contributed by atoms with Gasteiger partial charge in [-0.2, -0.15) is 0 Å². The van der Waals surface area contributed by atoms with Crippen molar-refractivity contribution in [2.24, 2.45) is 0 Å². The molecule has 0 spiro atoms. The Hall–Kier alpha value is -0.200. The maximum Gasteiger partial charge on any atom is 0.0965 e. The largest absolute Gasteiger partial charge is 0.119 e. The van der Waals surface area contributed by atoms with E-state index in [9.17, 15) is 0 Å². The number of alkyl halides is 1. The lowest BCUT2D eigenvalue weighted by Crippen LogP contribution is -1.83. The highest BCUT2D eigenvalue weighted by molar-refractivity contribution is 14.1. The first-order valence-electron chi connectivity index (χ1n) is 3.09. The van der Waals surface area contributed by atoms with Gasteiger partial charge in [0.25, 0.3) is 0 Å². The monoisotopic (exact) mass is 276 g/mol. The van der Waals surface area contributed by atoms with Crippen molar-refractivity contribution in [3.05, 3.63) is 34.9 Å². The summed E-state index contributed by atoms with van der Waals surface area (Å²) in [5, 5.41) is 0.736. The topological polar surface area (TPSA) is 0 Å². The van der Waals surface area contributed by atoms with E-state index < -0.39 is 0 Å². The molecule has 1 unspecified atom stereocenters. The van der Waals surface area contributed by atoms with Crippen LogP contribution in [0.1, 0.15) is 9.49 Å². The molecule has 0 saturated heterocycles. The lowest BCUT2D eigenvalue weighted by Gasteiger charge is -2.01. The predicted molar refractivity (Wildman–Crippen MR) is 57.0 cm³/mol. The van der Waals surface area contributed by atoms with Crippen molar-refractivity contribution < 1.29 is 0 Å². The zero-order valence-corrected chi connectivity index (χ0v) is 8.63. The minimum atomic E-state index is 0.117. The quantitative estimate of drug-likeness (QED) is 0.419. The first-order chi connectivity index (χ1) is 5.24. The fraction of sp³-hybridized carbons (Fsp3) is 0.111. The van der Waals surface area contributed by atoms with Crippen molar-refractivity contribution in [1.29, 1.82) is 0 Å². The van der Waals surface area contributed by atoms with Crippen LogP contribution in [0.2, 0.25) is 5.02 Å². The molecule has 0 aliphatic heterocycles. The molecule has 0 fully saturated rings. The molecule has 1 aromatic carbocycles. The highest BCUT2D eigenvalue weighted by Crippen LogP contribution is 2.24. The second-order valence-corrected chi connectivity index (χ2v) is 3.77. The molecular weight excluding hydrogens is 270 g/mol. The zero-order chi connectivity index (χ0) is 8.27. The second kappa shape index (κ2) is 3.99. The van der Waals surface area contributed by atoms with E-state index in [1.807, 2.05) is 24.3 Å². The van der Waals surface area contributed by atoms with Crippen LogP contribution in [0.3, 0.4) is 0 Å². The lowest BCUT2D eigenvalue weighted by molar-refractivity contribution is 1.33. The van der Waals surface area contributed by atoms with E-state index >= 15 is 0 Å². The molecule has 0 N–H and O–H groups in total. The smallest absolute Gasteiger partial charge is 0.0965 e. The second-order valence-electron chi connectivity index (χ2n) is 2.08. The number of rotatable bonds is 1. The number of halogens is 2. The lowest BCUT2D eigenvalue weighted by atomic mass is 10.2. The van der Waals surface area contributed by atoms with Crippen LogP contribution in [0.15, 0.2) is 24.3 Å². The first-order valence-corrected chi connectivity index (χ1v) is 4.72. The van der Waals surface area contributed by atoms with E-state index in [4.69, 9.17) is 18.0 Å². The summed E-state index contributed by atoms with van der Waals surface area (Å²) in [5.41, 5.74) is 1.08. The van der Waals surface area contributed by atoms with Gasteiger partial charge in [-0.3, -0.25) is 0 Å². The predicted octanol–water partition coefficient (Wildman–Crippen LogP) is 3.45. The van der Waals surface area contributed by atoms with Gasteiger partial charge in [-0.05, 0) is 17.7 Å². The van der Waals surface area contributed by atoms with Gasteiger partial charge >= 0.3 is 0 Å². The average Bonchev–Trinajstić information content (AvgIpc) is 2.03. The molecule has 1 aromatic rings. The summed E-state index contributed by atoms with van der Waals surface area (Å²) in [4.78, 5) is 0. The van der Waals surface area contributed by atoms with Gasteiger partial charge in [0.15, 0.2) is 0 Å². The summed E-state index contributed by atoms with van der Waals surface area (Å²) >= 11 is 7.97. The Morgan fingerprint density at radius 2 is 2.27 bits per heavy atom. The fourth-order valence-electron chi connectivity index (χ4n) is 0.760. The summed E-state index contributed by atoms with van der Waals surface area (Å²) < 4.78 is 0.117. The van der Waals surface area contributed by atoms with Crippen molar-refractivity contribution in [2.45, 2.75) is 3.92 Å². The third-order valence-electron chi connectivity index (χ3n) is 1.29. The van der Waals surface area contributed by atoms with Gasteiger partial charge in [-0.25, -0.2) is 0 Å². The molecule has 0 amide bonds. The molecule has 0 bridgehead atoms. The molecule has 56 valence electrons. The molecule has 0 aromatic heterocycles. The van der Waals surface area contributed by atoms with Crippen LogP contribution in [-0.4, -0.2) is 0 Å². The average molecular weight is 277 g/mol. The highest BCUT2D eigenvalue weighted by Gasteiger charge is 2.01. The van der Waals surface area contributed by atoms with Crippen LogP contribution in [0.5, 0.6) is 0 Å². The Balaban J connectivity index is 2.98. The number of hydrogen-bond donors (Lipinski definition) is 0. The Morgan fingerprint density at radius 1 is 1.55 bits per heavy atom. The van der Waals surface area contributed by atoms with Gasteiger partial charge in [-0.15, -0.1) is 6.42 Å². The van der Waals surface area contributed by atoms with Crippen LogP contribution < -0.4 is 0 Å². The van der Waals surface area contributed by atoms with Crippen LogP contribution in [-0.2, 0) is 0 Å². The van der Waals surface area contributed by atoms with E-state index in [0.29, 0.717) is 0 Å². The SMILES string of the molecule is C#CC(I)c1cccc(Cl)c1. The van der Waals surface area contributed by atoms with E-state index in [2.05, 4.69) is 28.5 Å². The van der Waals surface area contributed by atoms with E-state index in [0.717, 1.165) is 10.6 Å². The number of hydrogen-bond acceptors (Lipinski definition) is 0. The Bertz CT molecular complexity index is 288. The van der Waals surface area contributed by atoms with Gasteiger partial charge in [0.1, 0.15) is 0 Å². The molecule has 1 rings (SSSR count). The maximum atomic E-state index is 5.77. The summed E-state index contributed by atoms with van der Waals surface area (Å²) in [7, 11) is 0. The Kier molecular flexibility index (Phi) is 3.22. The van der Waals surface area contributed by atoms with Crippen molar-refractivity contribution in [3.63, 3.8) is 0 Å².